The Morgan fingerprint density at radius 1 is 1.71 bits per heavy atom. The van der Waals surface area contributed by atoms with Crippen LogP contribution in [-0.4, -0.2) is 15.9 Å². The molecular formula is C10H15N3O2S2. The summed E-state index contributed by atoms with van der Waals surface area (Å²) in [5.41, 5.74) is 5.40. The molecule has 0 aliphatic carbocycles. The molecule has 0 saturated heterocycles. The quantitative estimate of drug-likeness (QED) is 0.691. The molecule has 7 heteroatoms. The Kier molecular flexibility index (Phi) is 4.41. The van der Waals surface area contributed by atoms with Crippen molar-refractivity contribution in [2.75, 3.05) is 0 Å². The largest absolute Gasteiger partial charge is 0.392 e. The number of carbonyl (C=O) groups excluding carboxylic acids is 1. The van der Waals surface area contributed by atoms with E-state index in [9.17, 15) is 9.59 Å². The Labute approximate surface area is 108 Å². The van der Waals surface area contributed by atoms with Gasteiger partial charge in [-0.05, 0) is 13.3 Å². The monoisotopic (exact) mass is 273 g/mol. The molecule has 17 heavy (non-hydrogen) atoms. The standard InChI is InChI=1S/C10H15N3O2S2/c1-3-10(2,7(11)16)8(14)12-4-6-5-17-9(15)13-6/h5H,3-4H2,1-2H3,(H2,11,16)(H,12,14)(H,13,15). The van der Waals surface area contributed by atoms with E-state index in [4.69, 9.17) is 18.0 Å². The van der Waals surface area contributed by atoms with Crippen molar-refractivity contribution >= 4 is 34.5 Å². The number of thiazole rings is 1. The Balaban J connectivity index is 2.66. The van der Waals surface area contributed by atoms with Crippen LogP contribution in [0.25, 0.3) is 0 Å². The molecule has 94 valence electrons. The van der Waals surface area contributed by atoms with Gasteiger partial charge < -0.3 is 16.0 Å². The molecule has 1 aromatic heterocycles. The highest BCUT2D eigenvalue weighted by Gasteiger charge is 2.34. The zero-order chi connectivity index (χ0) is 13.1. The number of H-pyrrole nitrogens is 1. The minimum atomic E-state index is -0.842. The van der Waals surface area contributed by atoms with Crippen molar-refractivity contribution in [1.82, 2.24) is 10.3 Å². The molecule has 0 bridgehead atoms. The van der Waals surface area contributed by atoms with Crippen LogP contribution in [0.4, 0.5) is 0 Å². The number of carbonyl (C=O) groups is 1. The number of amides is 1. The summed E-state index contributed by atoms with van der Waals surface area (Å²) in [6, 6.07) is 0. The van der Waals surface area contributed by atoms with Crippen LogP contribution in [0, 0.1) is 5.41 Å². The number of aromatic nitrogens is 1. The van der Waals surface area contributed by atoms with Gasteiger partial charge in [-0.25, -0.2) is 0 Å². The van der Waals surface area contributed by atoms with E-state index in [0.717, 1.165) is 11.3 Å². The van der Waals surface area contributed by atoms with Gasteiger partial charge in [-0.15, -0.1) is 0 Å². The molecule has 1 rings (SSSR count). The van der Waals surface area contributed by atoms with E-state index in [1.165, 1.54) is 0 Å². The van der Waals surface area contributed by atoms with E-state index >= 15 is 0 Å². The summed E-state index contributed by atoms with van der Waals surface area (Å²) in [6.45, 7) is 3.84. The van der Waals surface area contributed by atoms with Gasteiger partial charge in [-0.1, -0.05) is 30.5 Å². The lowest BCUT2D eigenvalue weighted by Gasteiger charge is -2.25. The van der Waals surface area contributed by atoms with E-state index in [2.05, 4.69) is 10.3 Å². The van der Waals surface area contributed by atoms with Gasteiger partial charge in [0.05, 0.1) is 16.9 Å². The lowest BCUT2D eigenvalue weighted by atomic mass is 9.86. The summed E-state index contributed by atoms with van der Waals surface area (Å²) in [5, 5.41) is 4.39. The Bertz CT molecular complexity index is 480. The summed E-state index contributed by atoms with van der Waals surface area (Å²) in [5.74, 6) is -0.223. The molecule has 4 N–H and O–H groups in total. The number of hydrogen-bond donors (Lipinski definition) is 3. The molecule has 0 aliphatic rings. The first-order valence-electron chi connectivity index (χ1n) is 5.15. The number of rotatable bonds is 5. The van der Waals surface area contributed by atoms with Gasteiger partial charge in [-0.2, -0.15) is 0 Å². The van der Waals surface area contributed by atoms with Crippen LogP contribution in [0.2, 0.25) is 0 Å². The van der Waals surface area contributed by atoms with Gasteiger partial charge in [0.1, 0.15) is 0 Å². The molecule has 0 saturated carbocycles. The maximum absolute atomic E-state index is 12.0. The highest BCUT2D eigenvalue weighted by molar-refractivity contribution is 7.80. The van der Waals surface area contributed by atoms with Crippen molar-refractivity contribution in [3.05, 3.63) is 20.7 Å². The molecule has 0 aliphatic heterocycles. The number of nitrogens with one attached hydrogen (secondary N) is 2. The summed E-state index contributed by atoms with van der Waals surface area (Å²) in [7, 11) is 0. The van der Waals surface area contributed by atoms with E-state index in [0.29, 0.717) is 12.1 Å². The summed E-state index contributed by atoms with van der Waals surface area (Å²) < 4.78 is 0. The van der Waals surface area contributed by atoms with E-state index in [-0.39, 0.29) is 22.3 Å². The molecule has 0 spiro atoms. The molecule has 1 amide bonds. The second-order valence-electron chi connectivity index (χ2n) is 3.91. The van der Waals surface area contributed by atoms with Gasteiger partial charge >= 0.3 is 4.87 Å². The first kappa shape index (κ1) is 13.9. The SMILES string of the molecule is CCC(C)(C(=O)NCc1csc(=O)[nH]1)C(N)=S. The van der Waals surface area contributed by atoms with E-state index < -0.39 is 5.41 Å². The molecule has 1 aromatic rings. The average Bonchev–Trinajstić information content (AvgIpc) is 2.70. The van der Waals surface area contributed by atoms with Crippen LogP contribution < -0.4 is 15.9 Å². The van der Waals surface area contributed by atoms with Crippen molar-refractivity contribution < 1.29 is 4.79 Å². The third-order valence-electron chi connectivity index (χ3n) is 2.76. The van der Waals surface area contributed by atoms with Crippen molar-refractivity contribution in [2.24, 2.45) is 11.1 Å². The zero-order valence-electron chi connectivity index (χ0n) is 9.70. The van der Waals surface area contributed by atoms with E-state index in [1.54, 1.807) is 12.3 Å². The molecule has 0 fully saturated rings. The van der Waals surface area contributed by atoms with Gasteiger partial charge in [-0.3, -0.25) is 9.59 Å². The summed E-state index contributed by atoms with van der Waals surface area (Å²) in [6.07, 6.45) is 0.536. The number of aromatic amines is 1. The molecule has 0 radical (unpaired) electrons. The Morgan fingerprint density at radius 3 is 2.76 bits per heavy atom. The highest BCUT2D eigenvalue weighted by atomic mass is 32.1. The van der Waals surface area contributed by atoms with Crippen LogP contribution in [-0.2, 0) is 11.3 Å². The molecule has 1 unspecified atom stereocenters. The van der Waals surface area contributed by atoms with Crippen LogP contribution in [0.1, 0.15) is 26.0 Å². The molecule has 5 nitrogen and oxygen atoms in total. The lowest BCUT2D eigenvalue weighted by Crippen LogP contribution is -2.46. The minimum Gasteiger partial charge on any atom is -0.392 e. The molecule has 1 atom stereocenters. The van der Waals surface area contributed by atoms with Crippen LogP contribution in [0.15, 0.2) is 10.2 Å². The minimum absolute atomic E-state index is 0.137. The predicted octanol–water partition coefficient (Wildman–Crippen LogP) is 0.755. The fourth-order valence-electron chi connectivity index (χ4n) is 1.22. The van der Waals surface area contributed by atoms with Crippen LogP contribution >= 0.6 is 23.6 Å². The normalized spacial score (nSPS) is 14.0. The topological polar surface area (TPSA) is 88.0 Å². The Hall–Kier alpha value is -1.21. The van der Waals surface area contributed by atoms with Crippen molar-refractivity contribution in [2.45, 2.75) is 26.8 Å². The van der Waals surface area contributed by atoms with Gasteiger partial charge in [0.25, 0.3) is 0 Å². The number of hydrogen-bond acceptors (Lipinski definition) is 4. The Morgan fingerprint density at radius 2 is 2.35 bits per heavy atom. The fourth-order valence-corrected chi connectivity index (χ4v) is 2.04. The molecule has 0 aromatic carbocycles. The average molecular weight is 273 g/mol. The summed E-state index contributed by atoms with van der Waals surface area (Å²) >= 11 is 5.96. The van der Waals surface area contributed by atoms with Crippen molar-refractivity contribution in [1.29, 1.82) is 0 Å². The van der Waals surface area contributed by atoms with Crippen LogP contribution in [0.3, 0.4) is 0 Å². The fraction of sp³-hybridized carbons (Fsp3) is 0.500. The van der Waals surface area contributed by atoms with Gasteiger partial charge in [0.15, 0.2) is 0 Å². The van der Waals surface area contributed by atoms with Crippen LogP contribution in [0.5, 0.6) is 0 Å². The summed E-state index contributed by atoms with van der Waals surface area (Å²) in [4.78, 5) is 25.5. The molecule has 1 heterocycles. The second kappa shape index (κ2) is 5.42. The first-order valence-corrected chi connectivity index (χ1v) is 6.44. The van der Waals surface area contributed by atoms with Gasteiger partial charge in [0.2, 0.25) is 5.91 Å². The first-order chi connectivity index (χ1) is 7.90. The van der Waals surface area contributed by atoms with Crippen molar-refractivity contribution in [3.8, 4) is 0 Å². The maximum atomic E-state index is 12.0. The maximum Gasteiger partial charge on any atom is 0.304 e. The smallest absolute Gasteiger partial charge is 0.304 e. The van der Waals surface area contributed by atoms with Gasteiger partial charge in [0, 0.05) is 11.1 Å². The zero-order valence-corrected chi connectivity index (χ0v) is 11.3. The highest BCUT2D eigenvalue weighted by Crippen LogP contribution is 2.21. The second-order valence-corrected chi connectivity index (χ2v) is 5.19. The number of thiocarbonyl (C=S) groups is 1. The molecular weight excluding hydrogens is 258 g/mol. The van der Waals surface area contributed by atoms with Crippen molar-refractivity contribution in [3.63, 3.8) is 0 Å². The van der Waals surface area contributed by atoms with E-state index in [1.807, 2.05) is 6.92 Å². The predicted molar refractivity (Wildman–Crippen MR) is 72.0 cm³/mol. The third-order valence-corrected chi connectivity index (χ3v) is 3.93. The third kappa shape index (κ3) is 3.13. The lowest BCUT2D eigenvalue weighted by molar-refractivity contribution is -0.127. The number of nitrogens with two attached hydrogens (primary N) is 1.